The fourth-order valence-corrected chi connectivity index (χ4v) is 5.84. The van der Waals surface area contributed by atoms with Crippen molar-refractivity contribution < 1.29 is 31.1 Å². The molecule has 1 aliphatic rings. The maximum absolute atomic E-state index is 13.5. The Bertz CT molecular complexity index is 1560. The first kappa shape index (κ1) is 23.9. The smallest absolute Gasteiger partial charge is 0.416 e. The van der Waals surface area contributed by atoms with Crippen LogP contribution in [-0.2, 0) is 25.5 Å². The number of fused-ring (bicyclic) bond motifs is 1. The van der Waals surface area contributed by atoms with E-state index >= 15 is 0 Å². The molecule has 10 heteroatoms. The largest absolute Gasteiger partial charge is 0.469 e. The van der Waals surface area contributed by atoms with Crippen molar-refractivity contribution in [2.24, 2.45) is 5.92 Å². The number of benzene rings is 3. The minimum absolute atomic E-state index is 0.00959. The van der Waals surface area contributed by atoms with Gasteiger partial charge in [0.1, 0.15) is 0 Å². The summed E-state index contributed by atoms with van der Waals surface area (Å²) in [7, 11) is -2.76. The second-order valence-electron chi connectivity index (χ2n) is 8.55. The van der Waals surface area contributed by atoms with Gasteiger partial charge in [0, 0.05) is 36.0 Å². The molecule has 0 unspecified atom stereocenters. The van der Waals surface area contributed by atoms with Gasteiger partial charge in [-0.3, -0.25) is 4.79 Å². The third-order valence-corrected chi connectivity index (χ3v) is 8.12. The van der Waals surface area contributed by atoms with Crippen LogP contribution in [0.25, 0.3) is 16.6 Å². The van der Waals surface area contributed by atoms with E-state index in [2.05, 4.69) is 0 Å². The molecular formula is C26H21F3N2O4S. The van der Waals surface area contributed by atoms with Crippen molar-refractivity contribution in [3.63, 3.8) is 0 Å². The number of esters is 1. The number of hydrogen-bond donors (Lipinski definition) is 0. The van der Waals surface area contributed by atoms with Crippen LogP contribution in [0.3, 0.4) is 0 Å². The number of carbonyl (C=O) groups excluding carboxylic acids is 1. The summed E-state index contributed by atoms with van der Waals surface area (Å²) >= 11 is 0. The Hall–Kier alpha value is -3.79. The number of nitrogens with zero attached hydrogens (tertiary/aromatic N) is 2. The van der Waals surface area contributed by atoms with E-state index in [9.17, 15) is 26.4 Å². The van der Waals surface area contributed by atoms with Crippen molar-refractivity contribution in [2.45, 2.75) is 16.0 Å². The van der Waals surface area contributed by atoms with Crippen LogP contribution in [0, 0.1) is 5.92 Å². The molecule has 0 bridgehead atoms. The minimum atomic E-state index is -4.63. The van der Waals surface area contributed by atoms with Crippen LogP contribution in [-0.4, -0.2) is 39.2 Å². The summed E-state index contributed by atoms with van der Waals surface area (Å²) in [6, 6.07) is 17.9. The van der Waals surface area contributed by atoms with E-state index in [1.807, 2.05) is 17.0 Å². The van der Waals surface area contributed by atoms with Gasteiger partial charge >= 0.3 is 12.1 Å². The summed E-state index contributed by atoms with van der Waals surface area (Å²) in [5.41, 5.74) is 0.772. The van der Waals surface area contributed by atoms with Gasteiger partial charge in [0.2, 0.25) is 9.84 Å². The number of aromatic nitrogens is 1. The lowest BCUT2D eigenvalue weighted by Crippen LogP contribution is -2.50. The molecule has 186 valence electrons. The number of rotatable bonds is 5. The maximum Gasteiger partial charge on any atom is 0.416 e. The quantitative estimate of drug-likeness (QED) is 0.347. The Kier molecular flexibility index (Phi) is 5.78. The lowest BCUT2D eigenvalue weighted by atomic mass is 9.99. The highest BCUT2D eigenvalue weighted by molar-refractivity contribution is 7.91. The lowest BCUT2D eigenvalue weighted by Gasteiger charge is -2.39. The Morgan fingerprint density at radius 2 is 1.64 bits per heavy atom. The number of hydrogen-bond acceptors (Lipinski definition) is 5. The standard InChI is InChI=1S/C26H21F3N2O4S/c1-35-25(32)17-14-30(15-17)19-6-5-7-20(13-19)31-16-24(36(33,34)21-8-3-2-4-9-21)22-12-18(26(27,28)29)10-11-23(22)31/h2-13,16-17H,14-15H2,1H3. The van der Waals surface area contributed by atoms with Crippen molar-refractivity contribution in [3.8, 4) is 5.69 Å². The van der Waals surface area contributed by atoms with Crippen molar-refractivity contribution in [1.29, 1.82) is 0 Å². The van der Waals surface area contributed by atoms with Gasteiger partial charge in [-0.1, -0.05) is 24.3 Å². The third kappa shape index (κ3) is 4.11. The summed E-state index contributed by atoms with van der Waals surface area (Å²) in [5.74, 6) is -0.510. The molecule has 0 N–H and O–H groups in total. The third-order valence-electron chi connectivity index (χ3n) is 6.33. The van der Waals surface area contributed by atoms with Gasteiger partial charge in [-0.25, -0.2) is 8.42 Å². The molecule has 4 aromatic rings. The van der Waals surface area contributed by atoms with E-state index in [0.29, 0.717) is 24.3 Å². The summed E-state index contributed by atoms with van der Waals surface area (Å²) < 4.78 is 73.8. The molecule has 0 aliphatic carbocycles. The zero-order chi connectivity index (χ0) is 25.7. The summed E-state index contributed by atoms with van der Waals surface area (Å²) in [6.07, 6.45) is -3.27. The van der Waals surface area contributed by atoms with E-state index < -0.39 is 21.6 Å². The van der Waals surface area contributed by atoms with Crippen molar-refractivity contribution in [2.75, 3.05) is 25.1 Å². The van der Waals surface area contributed by atoms with Crippen LogP contribution in [0.5, 0.6) is 0 Å². The first-order chi connectivity index (χ1) is 17.1. The van der Waals surface area contributed by atoms with Crippen molar-refractivity contribution >= 4 is 32.4 Å². The van der Waals surface area contributed by atoms with Gasteiger partial charge in [-0.05, 0) is 48.5 Å². The van der Waals surface area contributed by atoms with Crippen LogP contribution in [0.15, 0.2) is 88.8 Å². The summed E-state index contributed by atoms with van der Waals surface area (Å²) in [4.78, 5) is 13.5. The lowest BCUT2D eigenvalue weighted by molar-refractivity contribution is -0.146. The van der Waals surface area contributed by atoms with Gasteiger partial charge in [-0.15, -0.1) is 0 Å². The highest BCUT2D eigenvalue weighted by atomic mass is 32.2. The second kappa shape index (κ2) is 8.70. The molecule has 0 radical (unpaired) electrons. The average molecular weight is 515 g/mol. The molecule has 36 heavy (non-hydrogen) atoms. The van der Waals surface area contributed by atoms with Crippen LogP contribution in [0.4, 0.5) is 18.9 Å². The summed E-state index contributed by atoms with van der Waals surface area (Å²) in [6.45, 7) is 0.955. The van der Waals surface area contributed by atoms with Crippen molar-refractivity contribution in [1.82, 2.24) is 4.57 Å². The van der Waals surface area contributed by atoms with E-state index in [-0.39, 0.29) is 27.1 Å². The topological polar surface area (TPSA) is 68.6 Å². The minimum Gasteiger partial charge on any atom is -0.469 e. The van der Waals surface area contributed by atoms with Gasteiger partial charge in [0.05, 0.1) is 33.9 Å². The predicted octanol–water partition coefficient (Wildman–Crippen LogP) is 5.09. The molecule has 1 saturated heterocycles. The van der Waals surface area contributed by atoms with Crippen molar-refractivity contribution in [3.05, 3.63) is 84.6 Å². The van der Waals surface area contributed by atoms with E-state index in [1.54, 1.807) is 34.9 Å². The monoisotopic (exact) mass is 514 g/mol. The average Bonchev–Trinajstić information content (AvgIpc) is 3.23. The predicted molar refractivity (Wildman–Crippen MR) is 128 cm³/mol. The number of sulfone groups is 1. The number of anilines is 1. The van der Waals surface area contributed by atoms with Crippen LogP contribution < -0.4 is 4.90 Å². The molecule has 1 aliphatic heterocycles. The van der Waals surface area contributed by atoms with Crippen LogP contribution in [0.1, 0.15) is 5.56 Å². The van der Waals surface area contributed by atoms with Gasteiger partial charge in [0.25, 0.3) is 0 Å². The van der Waals surface area contributed by atoms with Gasteiger partial charge in [0.15, 0.2) is 0 Å². The molecule has 3 aromatic carbocycles. The fraction of sp³-hybridized carbons (Fsp3) is 0.192. The number of carbonyl (C=O) groups is 1. The van der Waals surface area contributed by atoms with E-state index in [4.69, 9.17) is 4.74 Å². The van der Waals surface area contributed by atoms with Crippen LogP contribution in [0.2, 0.25) is 0 Å². The van der Waals surface area contributed by atoms with Crippen LogP contribution >= 0.6 is 0 Å². The molecule has 6 nitrogen and oxygen atoms in total. The molecule has 0 spiro atoms. The molecule has 2 heterocycles. The number of methoxy groups -OCH3 is 1. The second-order valence-corrected chi connectivity index (χ2v) is 10.5. The molecule has 0 atom stereocenters. The zero-order valence-electron chi connectivity index (χ0n) is 19.1. The Balaban J connectivity index is 1.63. The highest BCUT2D eigenvalue weighted by Gasteiger charge is 2.34. The molecular weight excluding hydrogens is 493 g/mol. The first-order valence-electron chi connectivity index (χ1n) is 11.1. The summed E-state index contributed by atoms with van der Waals surface area (Å²) in [5, 5.41) is -0.0196. The Morgan fingerprint density at radius 3 is 2.31 bits per heavy atom. The first-order valence-corrected chi connectivity index (χ1v) is 12.5. The highest BCUT2D eigenvalue weighted by Crippen LogP contribution is 2.37. The number of halogens is 3. The Morgan fingerprint density at radius 1 is 0.944 bits per heavy atom. The zero-order valence-corrected chi connectivity index (χ0v) is 19.9. The molecule has 0 amide bonds. The molecule has 5 rings (SSSR count). The maximum atomic E-state index is 13.5. The molecule has 0 saturated carbocycles. The van der Waals surface area contributed by atoms with E-state index in [1.165, 1.54) is 31.5 Å². The normalized spacial score (nSPS) is 14.6. The molecule has 1 fully saturated rings. The fourth-order valence-electron chi connectivity index (χ4n) is 4.38. The number of ether oxygens (including phenoxy) is 1. The SMILES string of the molecule is COC(=O)C1CN(c2cccc(-n3cc(S(=O)(=O)c4ccccc4)c4cc(C(F)(F)F)ccc43)c2)C1. The van der Waals surface area contributed by atoms with Gasteiger partial charge < -0.3 is 14.2 Å². The van der Waals surface area contributed by atoms with Gasteiger partial charge in [-0.2, -0.15) is 13.2 Å². The van der Waals surface area contributed by atoms with E-state index in [0.717, 1.165) is 17.8 Å². The Labute approximate surface area is 205 Å². The number of alkyl halides is 3. The molecule has 1 aromatic heterocycles.